The smallest absolute Gasteiger partial charge is 0.435 e. The minimum Gasteiger partial charge on any atom is -0.443 e. The molecule has 1 aliphatic heterocycles. The van der Waals surface area contributed by atoms with Crippen molar-refractivity contribution in [1.82, 2.24) is 9.78 Å². The van der Waals surface area contributed by atoms with Gasteiger partial charge in [0, 0.05) is 5.56 Å². The highest BCUT2D eigenvalue weighted by Crippen LogP contribution is 2.30. The van der Waals surface area contributed by atoms with E-state index in [0.29, 0.717) is 0 Å². The third-order valence-corrected chi connectivity index (χ3v) is 5.94. The van der Waals surface area contributed by atoms with Crippen molar-refractivity contribution in [3.8, 4) is 0 Å². The van der Waals surface area contributed by atoms with Crippen molar-refractivity contribution in [2.75, 3.05) is 0 Å². The highest BCUT2D eigenvalue weighted by molar-refractivity contribution is 14.2. The number of fused-ring (bicyclic) bond motifs is 1. The summed E-state index contributed by atoms with van der Waals surface area (Å²) in [6.07, 6.45) is 3.25. The number of rotatable bonds is 2. The van der Waals surface area contributed by atoms with Gasteiger partial charge in [-0.25, -0.2) is 4.79 Å². The van der Waals surface area contributed by atoms with Gasteiger partial charge < -0.3 is 4.74 Å². The van der Waals surface area contributed by atoms with E-state index in [1.807, 2.05) is 36.4 Å². The van der Waals surface area contributed by atoms with E-state index in [-0.39, 0.29) is 27.3 Å². The number of nitrogens with zero attached hydrogens (tertiary/aromatic N) is 2. The third kappa shape index (κ3) is 2.90. The lowest BCUT2D eigenvalue weighted by Gasteiger charge is -2.07. The summed E-state index contributed by atoms with van der Waals surface area (Å²) in [6, 6.07) is 9.60. The van der Waals surface area contributed by atoms with Crippen LogP contribution in [-0.2, 0) is 11.3 Å². The zero-order valence-electron chi connectivity index (χ0n) is 10.3. The Morgan fingerprint density at radius 2 is 2.15 bits per heavy atom. The molecular weight excluding hydrogens is 435 g/mol. The second kappa shape index (κ2) is 6.01. The van der Waals surface area contributed by atoms with Crippen LogP contribution >= 0.6 is 36.7 Å². The van der Waals surface area contributed by atoms with Crippen LogP contribution in [-0.4, -0.2) is 19.9 Å². The molecule has 0 unspecified atom stereocenters. The van der Waals surface area contributed by atoms with Crippen molar-refractivity contribution in [2.24, 2.45) is 0 Å². The van der Waals surface area contributed by atoms with Gasteiger partial charge in [0.05, 0.1) is 14.4 Å². The molecule has 0 atom stereocenters. The summed E-state index contributed by atoms with van der Waals surface area (Å²) in [5, 5.41) is 4.11. The molecule has 102 valence electrons. The summed E-state index contributed by atoms with van der Waals surface area (Å²) >= 11 is 3.27. The molecule has 4 nitrogen and oxygen atoms in total. The van der Waals surface area contributed by atoms with Gasteiger partial charge in [-0.05, 0) is 31.6 Å². The summed E-state index contributed by atoms with van der Waals surface area (Å²) in [7, 11) is 0. The lowest BCUT2D eigenvalue weighted by molar-refractivity contribution is 0.138. The van der Waals surface area contributed by atoms with Gasteiger partial charge in [-0.3, -0.25) is 0 Å². The first-order valence-corrected chi connectivity index (χ1v) is 8.98. The molecule has 0 radical (unpaired) electrons. The number of halogens is 2. The normalized spacial score (nSPS) is 13.2. The molecule has 0 fully saturated rings. The maximum absolute atomic E-state index is 12.1. The van der Waals surface area contributed by atoms with Crippen LogP contribution in [0.1, 0.15) is 16.8 Å². The van der Waals surface area contributed by atoms with E-state index in [9.17, 15) is 4.79 Å². The molecule has 3 rings (SSSR count). The third-order valence-electron chi connectivity index (χ3n) is 2.74. The number of carbonyl (C=O) groups excluding carboxylic acids is 1. The van der Waals surface area contributed by atoms with Gasteiger partial charge in [-0.2, -0.15) is 9.78 Å². The lowest BCUT2D eigenvalue weighted by Crippen LogP contribution is -2.17. The first-order chi connectivity index (χ1) is 9.74. The molecular formula is C14H10BrIN2O2. The molecule has 0 spiro atoms. The summed E-state index contributed by atoms with van der Waals surface area (Å²) in [4.78, 5) is 12.1. The fourth-order valence-electron chi connectivity index (χ4n) is 1.77. The SMILES string of the molecule is O=C(OCc1ccccc1)n1ncc2c1C=IC(Br)=C2. The van der Waals surface area contributed by atoms with E-state index in [2.05, 4.69) is 25.0 Å². The number of ether oxygens (including phenoxy) is 1. The van der Waals surface area contributed by atoms with Gasteiger partial charge in [0.25, 0.3) is 0 Å². The molecule has 1 aromatic carbocycles. The standard InChI is InChI=1S/C14H10BrIN2O2/c15-13-6-11-8-17-18(12(11)7-16-13)14(19)20-9-10-4-2-1-3-5-10/h1-8H,9H2. The first kappa shape index (κ1) is 13.7. The van der Waals surface area contributed by atoms with Gasteiger partial charge in [0.15, 0.2) is 0 Å². The number of hydrogen-bond acceptors (Lipinski definition) is 3. The van der Waals surface area contributed by atoms with Gasteiger partial charge >= 0.3 is 6.09 Å². The molecule has 0 N–H and O–H groups in total. The minimum atomic E-state index is -0.443. The number of carbonyl (C=O) groups is 1. The zero-order chi connectivity index (χ0) is 13.9. The Morgan fingerprint density at radius 1 is 1.35 bits per heavy atom. The van der Waals surface area contributed by atoms with E-state index in [4.69, 9.17) is 4.74 Å². The van der Waals surface area contributed by atoms with Crippen molar-refractivity contribution in [3.63, 3.8) is 0 Å². The largest absolute Gasteiger partial charge is 0.443 e. The summed E-state index contributed by atoms with van der Waals surface area (Å²) < 4.78 is 9.86. The van der Waals surface area contributed by atoms with Crippen LogP contribution in [0.3, 0.4) is 0 Å². The Bertz CT molecular complexity index is 707. The van der Waals surface area contributed by atoms with E-state index in [0.717, 1.165) is 16.8 Å². The predicted molar refractivity (Wildman–Crippen MR) is 90.3 cm³/mol. The number of aromatic nitrogens is 2. The summed E-state index contributed by atoms with van der Waals surface area (Å²) in [6.45, 7) is 0.253. The van der Waals surface area contributed by atoms with Crippen LogP contribution in [0, 0.1) is 0 Å². The number of benzene rings is 1. The zero-order valence-corrected chi connectivity index (χ0v) is 14.0. The predicted octanol–water partition coefficient (Wildman–Crippen LogP) is 3.90. The maximum atomic E-state index is 12.1. The highest BCUT2D eigenvalue weighted by atomic mass is 127. The van der Waals surface area contributed by atoms with Crippen LogP contribution in [0.2, 0.25) is 0 Å². The average Bonchev–Trinajstić information content (AvgIpc) is 2.89. The Morgan fingerprint density at radius 3 is 2.95 bits per heavy atom. The van der Waals surface area contributed by atoms with Crippen molar-refractivity contribution in [3.05, 3.63) is 55.8 Å². The van der Waals surface area contributed by atoms with E-state index >= 15 is 0 Å². The van der Waals surface area contributed by atoms with Gasteiger partial charge in [0.2, 0.25) is 0 Å². The minimum absolute atomic E-state index is 0.223. The van der Waals surface area contributed by atoms with E-state index in [1.165, 1.54) is 7.17 Å². The molecule has 6 heteroatoms. The van der Waals surface area contributed by atoms with Crippen molar-refractivity contribution < 1.29 is 9.53 Å². The van der Waals surface area contributed by atoms with Crippen molar-refractivity contribution in [1.29, 1.82) is 0 Å². The van der Waals surface area contributed by atoms with Crippen LogP contribution in [0.25, 0.3) is 6.08 Å². The second-order valence-corrected chi connectivity index (χ2v) is 8.83. The van der Waals surface area contributed by atoms with Crippen molar-refractivity contribution in [2.45, 2.75) is 6.61 Å². The highest BCUT2D eigenvalue weighted by Gasteiger charge is 2.17. The summed E-state index contributed by atoms with van der Waals surface area (Å²) in [5.41, 5.74) is 2.74. The maximum Gasteiger partial charge on any atom is 0.435 e. The van der Waals surface area contributed by atoms with Crippen LogP contribution in [0.15, 0.2) is 39.0 Å². The van der Waals surface area contributed by atoms with Gasteiger partial charge in [0.1, 0.15) is 6.61 Å². The molecule has 1 aromatic heterocycles. The molecule has 2 aromatic rings. The van der Waals surface area contributed by atoms with Crippen LogP contribution in [0.5, 0.6) is 0 Å². The van der Waals surface area contributed by atoms with E-state index < -0.39 is 6.09 Å². The summed E-state index contributed by atoms with van der Waals surface area (Å²) in [5.74, 6) is 0. The Kier molecular flexibility index (Phi) is 4.11. The topological polar surface area (TPSA) is 44.1 Å². The van der Waals surface area contributed by atoms with Crippen LogP contribution in [0.4, 0.5) is 4.79 Å². The molecule has 0 saturated carbocycles. The molecule has 0 bridgehead atoms. The Balaban J connectivity index is 1.75. The molecule has 0 saturated heterocycles. The number of hydrogen-bond donors (Lipinski definition) is 0. The van der Waals surface area contributed by atoms with E-state index in [1.54, 1.807) is 6.20 Å². The Labute approximate surface area is 134 Å². The van der Waals surface area contributed by atoms with Crippen molar-refractivity contribution >= 4 is 52.8 Å². The Hall–Kier alpha value is -1.28. The van der Waals surface area contributed by atoms with Gasteiger partial charge in [-0.1, -0.05) is 51.1 Å². The first-order valence-electron chi connectivity index (χ1n) is 5.87. The average molecular weight is 445 g/mol. The second-order valence-electron chi connectivity index (χ2n) is 4.09. The van der Waals surface area contributed by atoms with Gasteiger partial charge in [-0.15, -0.1) is 0 Å². The molecule has 1 aliphatic rings. The van der Waals surface area contributed by atoms with Crippen LogP contribution < -0.4 is 0 Å². The quantitative estimate of drug-likeness (QED) is 0.660. The fourth-order valence-corrected chi connectivity index (χ4v) is 4.33. The fraction of sp³-hybridized carbons (Fsp3) is 0.0714. The molecule has 2 heterocycles. The molecule has 0 aliphatic carbocycles. The molecule has 20 heavy (non-hydrogen) atoms. The lowest BCUT2D eigenvalue weighted by atomic mass is 10.2. The monoisotopic (exact) mass is 444 g/mol. The molecule has 0 amide bonds.